The van der Waals surface area contributed by atoms with Gasteiger partial charge in [0.25, 0.3) is 0 Å². The summed E-state index contributed by atoms with van der Waals surface area (Å²) < 4.78 is 50.1. The molecule has 0 aliphatic carbocycles. The number of amides is 1. The zero-order valence-electron chi connectivity index (χ0n) is 11.1. The third-order valence-corrected chi connectivity index (χ3v) is 5.62. The first-order valence-corrected chi connectivity index (χ1v) is 8.39. The molecule has 0 radical (unpaired) electrons. The van der Waals surface area contributed by atoms with Crippen molar-refractivity contribution in [3.63, 3.8) is 0 Å². The molecule has 1 N–H and O–H groups in total. The second-order valence-corrected chi connectivity index (χ2v) is 7.54. The Morgan fingerprint density at radius 1 is 1.29 bits per heavy atom. The van der Waals surface area contributed by atoms with Crippen molar-refractivity contribution in [1.82, 2.24) is 10.2 Å². The van der Waals surface area contributed by atoms with E-state index in [1.807, 2.05) is 0 Å². The molecule has 0 spiro atoms. The van der Waals surface area contributed by atoms with Gasteiger partial charge in [-0.05, 0) is 18.6 Å². The standard InChI is InChI=1S/C13H14F2N2O3S/c14-8-1-2-10(11(15)5-8)13-16-6-12(18)17(13)9-3-4-21(19,20)7-9/h1-2,5,9,13,16H,3-4,6-7H2. The van der Waals surface area contributed by atoms with Crippen molar-refractivity contribution in [2.24, 2.45) is 0 Å². The number of hydrogen-bond donors (Lipinski definition) is 1. The minimum absolute atomic E-state index is 0.0119. The molecule has 2 unspecified atom stereocenters. The fraction of sp³-hybridized carbons (Fsp3) is 0.462. The van der Waals surface area contributed by atoms with Crippen molar-refractivity contribution < 1.29 is 22.0 Å². The van der Waals surface area contributed by atoms with Crippen molar-refractivity contribution in [2.75, 3.05) is 18.1 Å². The second kappa shape index (κ2) is 5.03. The fourth-order valence-corrected chi connectivity index (χ4v) is 4.62. The SMILES string of the molecule is O=C1CNC(c2ccc(F)cc2F)N1C1CCS(=O)(=O)C1. The van der Waals surface area contributed by atoms with Gasteiger partial charge in [0.15, 0.2) is 9.84 Å². The molecule has 2 fully saturated rings. The Morgan fingerprint density at radius 2 is 2.05 bits per heavy atom. The normalized spacial score (nSPS) is 28.3. The maximum absolute atomic E-state index is 13.9. The Labute approximate surface area is 120 Å². The lowest BCUT2D eigenvalue weighted by atomic mass is 10.1. The molecule has 0 saturated carbocycles. The number of benzene rings is 1. The van der Waals surface area contributed by atoms with Crippen LogP contribution in [0.2, 0.25) is 0 Å². The van der Waals surface area contributed by atoms with Crippen LogP contribution in [0.25, 0.3) is 0 Å². The first kappa shape index (κ1) is 14.4. The van der Waals surface area contributed by atoms with Crippen molar-refractivity contribution in [3.05, 3.63) is 35.4 Å². The molecule has 0 aromatic heterocycles. The fourth-order valence-electron chi connectivity index (χ4n) is 2.91. The highest BCUT2D eigenvalue weighted by atomic mass is 32.2. The Hall–Kier alpha value is -1.54. The number of carbonyl (C=O) groups excluding carboxylic acids is 1. The first-order valence-electron chi connectivity index (χ1n) is 6.57. The van der Waals surface area contributed by atoms with Gasteiger partial charge in [-0.3, -0.25) is 10.1 Å². The summed E-state index contributed by atoms with van der Waals surface area (Å²) in [6.45, 7) is 0.0119. The smallest absolute Gasteiger partial charge is 0.238 e. The summed E-state index contributed by atoms with van der Waals surface area (Å²) in [5.74, 6) is -1.81. The van der Waals surface area contributed by atoms with Gasteiger partial charge in [-0.15, -0.1) is 0 Å². The first-order chi connectivity index (χ1) is 9.87. The minimum atomic E-state index is -3.15. The summed E-state index contributed by atoms with van der Waals surface area (Å²) in [5.41, 5.74) is 0.145. The maximum atomic E-state index is 13.9. The van der Waals surface area contributed by atoms with Crippen LogP contribution in [0.4, 0.5) is 8.78 Å². The maximum Gasteiger partial charge on any atom is 0.238 e. The van der Waals surface area contributed by atoms with Crippen LogP contribution in [0.5, 0.6) is 0 Å². The zero-order valence-corrected chi connectivity index (χ0v) is 11.9. The van der Waals surface area contributed by atoms with Crippen LogP contribution in [0, 0.1) is 11.6 Å². The molecule has 2 heterocycles. The van der Waals surface area contributed by atoms with Gasteiger partial charge in [0.1, 0.15) is 17.8 Å². The van der Waals surface area contributed by atoms with Crippen LogP contribution in [-0.2, 0) is 14.6 Å². The van der Waals surface area contributed by atoms with E-state index >= 15 is 0 Å². The van der Waals surface area contributed by atoms with Gasteiger partial charge in [0.05, 0.1) is 18.1 Å². The molecular formula is C13H14F2N2O3S. The molecule has 1 aromatic carbocycles. The summed E-state index contributed by atoms with van der Waals surface area (Å²) >= 11 is 0. The van der Waals surface area contributed by atoms with Gasteiger partial charge in [-0.1, -0.05) is 0 Å². The third-order valence-electron chi connectivity index (χ3n) is 3.87. The van der Waals surface area contributed by atoms with Gasteiger partial charge in [-0.2, -0.15) is 0 Å². The molecule has 2 aliphatic heterocycles. The Morgan fingerprint density at radius 3 is 2.67 bits per heavy atom. The molecule has 1 amide bonds. The van der Waals surface area contributed by atoms with Gasteiger partial charge in [-0.25, -0.2) is 17.2 Å². The van der Waals surface area contributed by atoms with Gasteiger partial charge in [0.2, 0.25) is 5.91 Å². The van der Waals surface area contributed by atoms with Crippen LogP contribution < -0.4 is 5.32 Å². The number of rotatable bonds is 2. The minimum Gasteiger partial charge on any atom is -0.318 e. The number of nitrogens with zero attached hydrogens (tertiary/aromatic N) is 1. The monoisotopic (exact) mass is 316 g/mol. The molecular weight excluding hydrogens is 302 g/mol. The highest BCUT2D eigenvalue weighted by Gasteiger charge is 2.42. The lowest BCUT2D eigenvalue weighted by Crippen LogP contribution is -2.40. The predicted molar refractivity (Wildman–Crippen MR) is 71.0 cm³/mol. The molecule has 21 heavy (non-hydrogen) atoms. The van der Waals surface area contributed by atoms with Crippen molar-refractivity contribution in [3.8, 4) is 0 Å². The van der Waals surface area contributed by atoms with Gasteiger partial charge >= 0.3 is 0 Å². The number of carbonyl (C=O) groups is 1. The molecule has 2 aliphatic rings. The van der Waals surface area contributed by atoms with Crippen LogP contribution in [0.3, 0.4) is 0 Å². The van der Waals surface area contributed by atoms with E-state index in [0.29, 0.717) is 6.42 Å². The molecule has 8 heteroatoms. The Bertz CT molecular complexity index is 693. The largest absolute Gasteiger partial charge is 0.318 e. The van der Waals surface area contributed by atoms with Crippen molar-refractivity contribution in [1.29, 1.82) is 0 Å². The molecule has 114 valence electrons. The average molecular weight is 316 g/mol. The highest BCUT2D eigenvalue weighted by molar-refractivity contribution is 7.91. The summed E-state index contributed by atoms with van der Waals surface area (Å²) in [6.07, 6.45) is -0.411. The van der Waals surface area contributed by atoms with E-state index in [1.54, 1.807) is 0 Å². The number of hydrogen-bond acceptors (Lipinski definition) is 4. The van der Waals surface area contributed by atoms with Crippen molar-refractivity contribution in [2.45, 2.75) is 18.6 Å². The van der Waals surface area contributed by atoms with E-state index in [0.717, 1.165) is 12.1 Å². The van der Waals surface area contributed by atoms with Crippen LogP contribution in [0.15, 0.2) is 18.2 Å². The summed E-state index contributed by atoms with van der Waals surface area (Å²) in [5, 5.41) is 2.86. The molecule has 5 nitrogen and oxygen atoms in total. The van der Waals surface area contributed by atoms with Crippen LogP contribution in [-0.4, -0.2) is 43.3 Å². The van der Waals surface area contributed by atoms with E-state index in [4.69, 9.17) is 0 Å². The Balaban J connectivity index is 1.93. The van der Waals surface area contributed by atoms with E-state index in [1.165, 1.54) is 11.0 Å². The van der Waals surface area contributed by atoms with E-state index < -0.39 is 33.7 Å². The topological polar surface area (TPSA) is 66.5 Å². The average Bonchev–Trinajstić information content (AvgIpc) is 2.92. The summed E-state index contributed by atoms with van der Waals surface area (Å²) in [4.78, 5) is 13.4. The van der Waals surface area contributed by atoms with E-state index in [9.17, 15) is 22.0 Å². The van der Waals surface area contributed by atoms with Crippen LogP contribution >= 0.6 is 0 Å². The quantitative estimate of drug-likeness (QED) is 0.867. The molecule has 0 bridgehead atoms. The highest BCUT2D eigenvalue weighted by Crippen LogP contribution is 2.31. The molecule has 1 aromatic rings. The van der Waals surface area contributed by atoms with Crippen LogP contribution in [0.1, 0.15) is 18.2 Å². The summed E-state index contributed by atoms with van der Waals surface area (Å²) in [6, 6.07) is 2.68. The number of nitrogens with one attached hydrogen (secondary N) is 1. The van der Waals surface area contributed by atoms with E-state index in [-0.39, 0.29) is 29.5 Å². The number of halogens is 2. The van der Waals surface area contributed by atoms with Gasteiger partial charge in [0, 0.05) is 17.7 Å². The van der Waals surface area contributed by atoms with E-state index in [2.05, 4.69) is 5.32 Å². The van der Waals surface area contributed by atoms with Gasteiger partial charge < -0.3 is 4.90 Å². The predicted octanol–water partition coefficient (Wildman–Crippen LogP) is 0.582. The Kier molecular flexibility index (Phi) is 3.45. The lowest BCUT2D eigenvalue weighted by Gasteiger charge is -2.29. The van der Waals surface area contributed by atoms with Crippen molar-refractivity contribution >= 4 is 15.7 Å². The zero-order chi connectivity index (χ0) is 15.2. The third kappa shape index (κ3) is 2.65. The molecule has 2 saturated heterocycles. The number of sulfone groups is 1. The lowest BCUT2D eigenvalue weighted by molar-refractivity contribution is -0.129. The molecule has 3 rings (SSSR count). The molecule has 2 atom stereocenters. The summed E-state index contributed by atoms with van der Waals surface area (Å²) in [7, 11) is -3.15. The second-order valence-electron chi connectivity index (χ2n) is 5.31.